The highest BCUT2D eigenvalue weighted by Gasteiger charge is 2.25. The molecule has 2 aliphatic rings. The van der Waals surface area contributed by atoms with Crippen LogP contribution >= 0.6 is 11.8 Å². The second-order valence-electron chi connectivity index (χ2n) is 5.22. The molecule has 108 valence electrons. The van der Waals surface area contributed by atoms with Gasteiger partial charge in [0.25, 0.3) is 11.5 Å². The van der Waals surface area contributed by atoms with E-state index in [2.05, 4.69) is 22.5 Å². The number of hydrogen-bond acceptors (Lipinski definition) is 5. The molecule has 2 aliphatic heterocycles. The van der Waals surface area contributed by atoms with Crippen LogP contribution in [0, 0.1) is 0 Å². The summed E-state index contributed by atoms with van der Waals surface area (Å²) in [5, 5.41) is 6.99. The van der Waals surface area contributed by atoms with Crippen molar-refractivity contribution in [1.82, 2.24) is 20.2 Å². The fraction of sp³-hybridized carbons (Fsp3) is 0.615. The molecule has 6 nitrogen and oxygen atoms in total. The van der Waals surface area contributed by atoms with Gasteiger partial charge in [-0.1, -0.05) is 11.8 Å². The number of rotatable bonds is 2. The van der Waals surface area contributed by atoms with E-state index in [0.717, 1.165) is 25.1 Å². The van der Waals surface area contributed by atoms with Gasteiger partial charge in [0.15, 0.2) is 5.16 Å². The number of amides is 1. The highest BCUT2D eigenvalue weighted by molar-refractivity contribution is 7.99. The van der Waals surface area contributed by atoms with E-state index in [9.17, 15) is 9.59 Å². The van der Waals surface area contributed by atoms with Crippen molar-refractivity contribution in [2.75, 3.05) is 12.3 Å². The topological polar surface area (TPSA) is 76.0 Å². The summed E-state index contributed by atoms with van der Waals surface area (Å²) in [6, 6.07) is 0.302. The van der Waals surface area contributed by atoms with Gasteiger partial charge in [0.05, 0.1) is 0 Å². The van der Waals surface area contributed by atoms with Crippen LogP contribution in [0.3, 0.4) is 0 Å². The lowest BCUT2D eigenvalue weighted by Crippen LogP contribution is -2.52. The molecule has 2 atom stereocenters. The molecule has 0 aromatic carbocycles. The van der Waals surface area contributed by atoms with Gasteiger partial charge in [-0.2, -0.15) is 0 Å². The second kappa shape index (κ2) is 5.57. The van der Waals surface area contributed by atoms with E-state index in [0.29, 0.717) is 11.7 Å². The minimum absolute atomic E-state index is 0.0725. The first-order valence-electron chi connectivity index (χ1n) is 6.93. The third-order valence-corrected chi connectivity index (χ3v) is 4.85. The van der Waals surface area contributed by atoms with Crippen LogP contribution in [-0.4, -0.2) is 39.8 Å². The Labute approximate surface area is 121 Å². The van der Waals surface area contributed by atoms with Crippen molar-refractivity contribution >= 4 is 17.7 Å². The quantitative estimate of drug-likeness (QED) is 0.763. The largest absolute Gasteiger partial charge is 0.348 e. The van der Waals surface area contributed by atoms with Crippen LogP contribution in [0.25, 0.3) is 0 Å². The van der Waals surface area contributed by atoms with E-state index in [-0.39, 0.29) is 29.1 Å². The zero-order chi connectivity index (χ0) is 14.1. The molecule has 1 amide bonds. The predicted molar refractivity (Wildman–Crippen MR) is 77.2 cm³/mol. The first-order chi connectivity index (χ1) is 9.66. The zero-order valence-electron chi connectivity index (χ0n) is 11.4. The number of nitrogens with one attached hydrogen (secondary N) is 2. The van der Waals surface area contributed by atoms with Gasteiger partial charge < -0.3 is 10.6 Å². The van der Waals surface area contributed by atoms with Crippen molar-refractivity contribution in [3.05, 3.63) is 22.1 Å². The van der Waals surface area contributed by atoms with Gasteiger partial charge in [0.2, 0.25) is 0 Å². The van der Waals surface area contributed by atoms with Crippen molar-refractivity contribution in [3.63, 3.8) is 0 Å². The number of fused-ring (bicyclic) bond motifs is 1. The maximum Gasteiger partial charge on any atom is 0.267 e. The Kier molecular flexibility index (Phi) is 3.80. The average molecular weight is 294 g/mol. The smallest absolute Gasteiger partial charge is 0.267 e. The van der Waals surface area contributed by atoms with Crippen LogP contribution in [-0.2, 0) is 6.54 Å². The normalized spacial score (nSPS) is 25.2. The Hall–Kier alpha value is -1.34. The van der Waals surface area contributed by atoms with E-state index in [1.807, 2.05) is 0 Å². The molecule has 3 rings (SSSR count). The van der Waals surface area contributed by atoms with Gasteiger partial charge in [-0.15, -0.1) is 0 Å². The summed E-state index contributed by atoms with van der Waals surface area (Å²) in [7, 11) is 0. The Balaban J connectivity index is 1.79. The molecule has 0 aliphatic carbocycles. The van der Waals surface area contributed by atoms with Crippen LogP contribution in [0.1, 0.15) is 30.1 Å². The Morgan fingerprint density at radius 3 is 3.25 bits per heavy atom. The first kappa shape index (κ1) is 13.6. The van der Waals surface area contributed by atoms with E-state index < -0.39 is 0 Å². The average Bonchev–Trinajstić information content (AvgIpc) is 2.91. The van der Waals surface area contributed by atoms with Crippen LogP contribution in [0.5, 0.6) is 0 Å². The number of thioether (sulfide) groups is 1. The van der Waals surface area contributed by atoms with Crippen molar-refractivity contribution in [1.29, 1.82) is 0 Å². The molecule has 0 saturated carbocycles. The lowest BCUT2D eigenvalue weighted by atomic mass is 9.99. The Bertz CT molecular complexity index is 586. The molecule has 1 fully saturated rings. The van der Waals surface area contributed by atoms with Crippen molar-refractivity contribution in [3.8, 4) is 0 Å². The van der Waals surface area contributed by atoms with E-state index in [4.69, 9.17) is 0 Å². The minimum Gasteiger partial charge on any atom is -0.348 e. The van der Waals surface area contributed by atoms with Crippen molar-refractivity contribution in [2.24, 2.45) is 0 Å². The summed E-state index contributed by atoms with van der Waals surface area (Å²) in [5.41, 5.74) is -0.0806. The number of aromatic nitrogens is 2. The van der Waals surface area contributed by atoms with Gasteiger partial charge >= 0.3 is 0 Å². The summed E-state index contributed by atoms with van der Waals surface area (Å²) < 4.78 is 1.59. The molecule has 1 aromatic rings. The molecule has 0 bridgehead atoms. The van der Waals surface area contributed by atoms with E-state index in [1.165, 1.54) is 6.20 Å². The molecule has 20 heavy (non-hydrogen) atoms. The highest BCUT2D eigenvalue weighted by atomic mass is 32.2. The number of carbonyl (C=O) groups excluding carboxylic acids is 1. The molecule has 1 aromatic heterocycles. The van der Waals surface area contributed by atoms with Crippen LogP contribution < -0.4 is 16.2 Å². The van der Waals surface area contributed by atoms with Crippen LogP contribution in [0.2, 0.25) is 0 Å². The molecule has 0 spiro atoms. The molecule has 0 radical (unpaired) electrons. The fourth-order valence-corrected chi connectivity index (χ4v) is 3.57. The van der Waals surface area contributed by atoms with Gasteiger partial charge in [-0.25, -0.2) is 4.98 Å². The molecular formula is C13H18N4O2S. The lowest BCUT2D eigenvalue weighted by Gasteiger charge is -2.30. The molecule has 3 heterocycles. The third kappa shape index (κ3) is 2.47. The fourth-order valence-electron chi connectivity index (χ4n) is 2.66. The van der Waals surface area contributed by atoms with Crippen molar-refractivity contribution < 1.29 is 4.79 Å². The maximum absolute atomic E-state index is 12.3. The summed E-state index contributed by atoms with van der Waals surface area (Å²) in [4.78, 5) is 28.7. The highest BCUT2D eigenvalue weighted by Crippen LogP contribution is 2.20. The molecular weight excluding hydrogens is 276 g/mol. The Morgan fingerprint density at radius 2 is 2.45 bits per heavy atom. The number of piperidine rings is 1. The summed E-state index contributed by atoms with van der Waals surface area (Å²) in [5.74, 6) is 0.534. The lowest BCUT2D eigenvalue weighted by molar-refractivity contribution is 0.0917. The number of nitrogens with zero attached hydrogens (tertiary/aromatic N) is 2. The second-order valence-corrected chi connectivity index (χ2v) is 6.29. The monoisotopic (exact) mass is 294 g/mol. The Morgan fingerprint density at radius 1 is 1.60 bits per heavy atom. The van der Waals surface area contributed by atoms with E-state index in [1.54, 1.807) is 16.3 Å². The molecule has 7 heteroatoms. The van der Waals surface area contributed by atoms with Crippen LogP contribution in [0.15, 0.2) is 16.1 Å². The summed E-state index contributed by atoms with van der Waals surface area (Å²) in [6.45, 7) is 3.66. The predicted octanol–water partition coefficient (Wildman–Crippen LogP) is 0.219. The van der Waals surface area contributed by atoms with Gasteiger partial charge in [0, 0.05) is 30.6 Å². The zero-order valence-corrected chi connectivity index (χ0v) is 12.2. The van der Waals surface area contributed by atoms with Gasteiger partial charge in [-0.05, 0) is 26.3 Å². The van der Waals surface area contributed by atoms with Crippen molar-refractivity contribution in [2.45, 2.75) is 43.6 Å². The molecule has 2 unspecified atom stereocenters. The SMILES string of the molecule is CC1NCCCC1NC(=O)c1cnc2n(c1=O)CCS2. The minimum atomic E-state index is -0.310. The molecule has 2 N–H and O–H groups in total. The summed E-state index contributed by atoms with van der Waals surface area (Å²) in [6.07, 6.45) is 3.38. The maximum atomic E-state index is 12.3. The number of carbonyl (C=O) groups is 1. The molecule has 1 saturated heterocycles. The first-order valence-corrected chi connectivity index (χ1v) is 7.92. The number of hydrogen-bond donors (Lipinski definition) is 2. The third-order valence-electron chi connectivity index (χ3n) is 3.88. The van der Waals surface area contributed by atoms with Gasteiger partial charge in [0.1, 0.15) is 5.56 Å². The van der Waals surface area contributed by atoms with E-state index >= 15 is 0 Å². The summed E-state index contributed by atoms with van der Waals surface area (Å²) >= 11 is 1.55. The van der Waals surface area contributed by atoms with Crippen LogP contribution in [0.4, 0.5) is 0 Å². The standard InChI is InChI=1S/C13H18N4O2S/c1-8-10(3-2-4-14-8)16-11(18)9-7-15-13-17(12(9)19)5-6-20-13/h7-8,10,14H,2-6H2,1H3,(H,16,18). The van der Waals surface area contributed by atoms with Gasteiger partial charge in [-0.3, -0.25) is 14.2 Å².